The molecule has 0 bridgehead atoms. The van der Waals surface area contributed by atoms with Gasteiger partial charge in [-0.3, -0.25) is 4.79 Å². The van der Waals surface area contributed by atoms with Crippen molar-refractivity contribution in [1.29, 1.82) is 0 Å². The quantitative estimate of drug-likeness (QED) is 0.868. The van der Waals surface area contributed by atoms with Crippen LogP contribution in [-0.4, -0.2) is 12.5 Å². The smallest absolute Gasteiger partial charge is 0.258 e. The van der Waals surface area contributed by atoms with Crippen molar-refractivity contribution in [2.75, 3.05) is 6.61 Å². The van der Waals surface area contributed by atoms with Crippen LogP contribution in [0.25, 0.3) is 0 Å². The summed E-state index contributed by atoms with van der Waals surface area (Å²) in [5.74, 6) is 0.339. The lowest BCUT2D eigenvalue weighted by Gasteiger charge is -2.15. The van der Waals surface area contributed by atoms with Crippen molar-refractivity contribution in [1.82, 2.24) is 5.32 Å². The molecular weight excluding hydrogens is 298 g/mol. The molecule has 2 aromatic rings. The van der Waals surface area contributed by atoms with Gasteiger partial charge >= 0.3 is 0 Å². The van der Waals surface area contributed by atoms with Crippen LogP contribution in [0.4, 0.5) is 0 Å². The van der Waals surface area contributed by atoms with Gasteiger partial charge in [0.1, 0.15) is 5.75 Å². The Morgan fingerprint density at radius 1 is 1.18 bits per heavy atom. The number of aryl methyl sites for hydroxylation is 1. The van der Waals surface area contributed by atoms with Crippen LogP contribution in [0.3, 0.4) is 0 Å². The summed E-state index contributed by atoms with van der Waals surface area (Å²) in [4.78, 5) is 12.0. The van der Waals surface area contributed by atoms with Gasteiger partial charge in [-0.2, -0.15) is 0 Å². The molecule has 0 aliphatic rings. The monoisotopic (exact) mass is 317 g/mol. The number of para-hydroxylation sites is 1. The van der Waals surface area contributed by atoms with Gasteiger partial charge < -0.3 is 10.1 Å². The van der Waals surface area contributed by atoms with Crippen LogP contribution in [-0.2, 0) is 11.2 Å². The number of hydrogen-bond donors (Lipinski definition) is 1. The molecular formula is C18H20ClNO2. The SMILES string of the molecule is CCc1ccc([C@@H](C)NC(=O)COc2ccccc2Cl)cc1. The van der Waals surface area contributed by atoms with Crippen molar-refractivity contribution >= 4 is 17.5 Å². The number of ether oxygens (including phenoxy) is 1. The van der Waals surface area contributed by atoms with E-state index in [0.717, 1.165) is 12.0 Å². The molecule has 0 aromatic heterocycles. The molecule has 0 saturated carbocycles. The second-order valence-corrected chi connectivity index (χ2v) is 5.51. The molecule has 1 N–H and O–H groups in total. The predicted molar refractivity (Wildman–Crippen MR) is 89.3 cm³/mol. The first-order valence-corrected chi connectivity index (χ1v) is 7.73. The molecule has 3 nitrogen and oxygen atoms in total. The van der Waals surface area contributed by atoms with Crippen LogP contribution in [0.2, 0.25) is 5.02 Å². The molecule has 0 spiro atoms. The van der Waals surface area contributed by atoms with E-state index in [2.05, 4.69) is 24.4 Å². The Hall–Kier alpha value is -2.00. The van der Waals surface area contributed by atoms with Gasteiger partial charge in [0.15, 0.2) is 6.61 Å². The highest BCUT2D eigenvalue weighted by atomic mass is 35.5. The lowest BCUT2D eigenvalue weighted by atomic mass is 10.1. The second-order valence-electron chi connectivity index (χ2n) is 5.10. The third kappa shape index (κ3) is 4.50. The standard InChI is InChI=1S/C18H20ClNO2/c1-3-14-8-10-15(11-9-14)13(2)20-18(21)12-22-17-7-5-4-6-16(17)19/h4-11,13H,3,12H2,1-2H3,(H,20,21)/t13-/m1/s1. The lowest BCUT2D eigenvalue weighted by Crippen LogP contribution is -2.31. The first-order chi connectivity index (χ1) is 10.6. The molecule has 0 saturated heterocycles. The van der Waals surface area contributed by atoms with Crippen LogP contribution in [0, 0.1) is 0 Å². The Bertz CT molecular complexity index is 625. The van der Waals surface area contributed by atoms with Gasteiger partial charge in [-0.25, -0.2) is 0 Å². The summed E-state index contributed by atoms with van der Waals surface area (Å²) in [5, 5.41) is 3.41. The average molecular weight is 318 g/mol. The summed E-state index contributed by atoms with van der Waals surface area (Å²) in [6, 6.07) is 15.3. The summed E-state index contributed by atoms with van der Waals surface area (Å²) >= 11 is 5.98. The number of nitrogens with one attached hydrogen (secondary N) is 1. The van der Waals surface area contributed by atoms with E-state index in [4.69, 9.17) is 16.3 Å². The highest BCUT2D eigenvalue weighted by Gasteiger charge is 2.10. The molecule has 0 aliphatic carbocycles. The van der Waals surface area contributed by atoms with E-state index in [1.54, 1.807) is 12.1 Å². The molecule has 2 aromatic carbocycles. The van der Waals surface area contributed by atoms with Crippen LogP contribution in [0.1, 0.15) is 31.0 Å². The van der Waals surface area contributed by atoms with E-state index < -0.39 is 0 Å². The maximum Gasteiger partial charge on any atom is 0.258 e. The molecule has 116 valence electrons. The number of amides is 1. The lowest BCUT2D eigenvalue weighted by molar-refractivity contribution is -0.123. The number of halogens is 1. The molecule has 0 fully saturated rings. The van der Waals surface area contributed by atoms with E-state index >= 15 is 0 Å². The Morgan fingerprint density at radius 2 is 1.86 bits per heavy atom. The molecule has 0 aliphatic heterocycles. The topological polar surface area (TPSA) is 38.3 Å². The van der Waals surface area contributed by atoms with E-state index in [1.165, 1.54) is 5.56 Å². The van der Waals surface area contributed by atoms with E-state index in [-0.39, 0.29) is 18.6 Å². The van der Waals surface area contributed by atoms with Crippen molar-refractivity contribution in [3.63, 3.8) is 0 Å². The normalized spacial score (nSPS) is 11.8. The summed E-state index contributed by atoms with van der Waals surface area (Å²) in [7, 11) is 0. The molecule has 4 heteroatoms. The summed E-state index contributed by atoms with van der Waals surface area (Å²) < 4.78 is 5.43. The van der Waals surface area contributed by atoms with Gasteiger partial charge in [0.05, 0.1) is 11.1 Å². The van der Waals surface area contributed by atoms with Crippen LogP contribution >= 0.6 is 11.6 Å². The molecule has 22 heavy (non-hydrogen) atoms. The van der Waals surface area contributed by atoms with E-state index in [9.17, 15) is 4.79 Å². The first-order valence-electron chi connectivity index (χ1n) is 7.35. The summed E-state index contributed by atoms with van der Waals surface area (Å²) in [5.41, 5.74) is 2.35. The first kappa shape index (κ1) is 16.4. The minimum atomic E-state index is -0.174. The maximum atomic E-state index is 12.0. The van der Waals surface area contributed by atoms with Gasteiger partial charge in [-0.15, -0.1) is 0 Å². The zero-order valence-corrected chi connectivity index (χ0v) is 13.6. The fraction of sp³-hybridized carbons (Fsp3) is 0.278. The van der Waals surface area contributed by atoms with Gasteiger partial charge in [-0.05, 0) is 36.6 Å². The zero-order chi connectivity index (χ0) is 15.9. The Kier molecular flexibility index (Phi) is 5.84. The highest BCUT2D eigenvalue weighted by molar-refractivity contribution is 6.32. The molecule has 0 heterocycles. The number of hydrogen-bond acceptors (Lipinski definition) is 2. The third-order valence-corrected chi connectivity index (χ3v) is 3.77. The van der Waals surface area contributed by atoms with Gasteiger partial charge in [0.2, 0.25) is 0 Å². The Balaban J connectivity index is 1.87. The van der Waals surface area contributed by atoms with Crippen molar-refractivity contribution in [2.24, 2.45) is 0 Å². The third-order valence-electron chi connectivity index (χ3n) is 3.46. The molecule has 0 radical (unpaired) electrons. The number of carbonyl (C=O) groups excluding carboxylic acids is 1. The van der Waals surface area contributed by atoms with Crippen molar-refractivity contribution in [2.45, 2.75) is 26.3 Å². The van der Waals surface area contributed by atoms with E-state index in [0.29, 0.717) is 10.8 Å². The zero-order valence-electron chi connectivity index (χ0n) is 12.8. The van der Waals surface area contributed by atoms with Crippen molar-refractivity contribution < 1.29 is 9.53 Å². The van der Waals surface area contributed by atoms with Gasteiger partial charge in [0, 0.05) is 0 Å². The Morgan fingerprint density at radius 3 is 2.50 bits per heavy atom. The van der Waals surface area contributed by atoms with Crippen molar-refractivity contribution in [3.05, 3.63) is 64.7 Å². The van der Waals surface area contributed by atoms with Crippen LogP contribution in [0.15, 0.2) is 48.5 Å². The van der Waals surface area contributed by atoms with Crippen molar-refractivity contribution in [3.8, 4) is 5.75 Å². The Labute approximate surface area is 136 Å². The highest BCUT2D eigenvalue weighted by Crippen LogP contribution is 2.23. The molecule has 1 atom stereocenters. The van der Waals surface area contributed by atoms with Crippen LogP contribution < -0.4 is 10.1 Å². The van der Waals surface area contributed by atoms with Gasteiger partial charge in [0.25, 0.3) is 5.91 Å². The largest absolute Gasteiger partial charge is 0.482 e. The van der Waals surface area contributed by atoms with Crippen LogP contribution in [0.5, 0.6) is 5.75 Å². The minimum absolute atomic E-state index is 0.0544. The van der Waals surface area contributed by atoms with Gasteiger partial charge in [-0.1, -0.05) is 54.9 Å². The second kappa shape index (κ2) is 7.85. The van der Waals surface area contributed by atoms with E-state index in [1.807, 2.05) is 31.2 Å². The minimum Gasteiger partial charge on any atom is -0.482 e. The summed E-state index contributed by atoms with van der Waals surface area (Å²) in [6.45, 7) is 4.02. The molecule has 1 amide bonds. The molecule has 0 unspecified atom stereocenters. The number of rotatable bonds is 6. The predicted octanol–water partition coefficient (Wildman–Crippen LogP) is 4.16. The molecule has 2 rings (SSSR count). The maximum absolute atomic E-state index is 12.0. The fourth-order valence-corrected chi connectivity index (χ4v) is 2.30. The fourth-order valence-electron chi connectivity index (χ4n) is 2.11. The summed E-state index contributed by atoms with van der Waals surface area (Å²) in [6.07, 6.45) is 1.01. The number of carbonyl (C=O) groups is 1. The average Bonchev–Trinajstić information content (AvgIpc) is 2.54. The number of benzene rings is 2.